The van der Waals surface area contributed by atoms with Crippen LogP contribution >= 0.6 is 0 Å². The molecule has 0 aliphatic rings. The summed E-state index contributed by atoms with van der Waals surface area (Å²) in [5, 5.41) is 16.4. The number of rotatable bonds is 7. The second-order valence-electron chi connectivity index (χ2n) is 8.32. The monoisotopic (exact) mass is 462 g/mol. The first-order valence-corrected chi connectivity index (χ1v) is 11.2. The Morgan fingerprint density at radius 2 is 1.66 bits per heavy atom. The molecule has 2 aromatic rings. The molecule has 10 nitrogen and oxygen atoms in total. The number of carbonyl (C=O) groups is 2. The van der Waals surface area contributed by atoms with Crippen LogP contribution < -0.4 is 15.4 Å². The summed E-state index contributed by atoms with van der Waals surface area (Å²) in [4.78, 5) is 34.7. The summed E-state index contributed by atoms with van der Waals surface area (Å²) in [6.07, 6.45) is 0. The molecule has 0 aliphatic heterocycles. The largest absolute Gasteiger partial charge is 0.350 e. The fourth-order valence-electron chi connectivity index (χ4n) is 2.68. The summed E-state index contributed by atoms with van der Waals surface area (Å²) in [6, 6.07) is 8.43. The fourth-order valence-corrected chi connectivity index (χ4v) is 3.76. The lowest BCUT2D eigenvalue weighted by atomic mass is 10.1. The number of benzene rings is 2. The molecule has 0 heterocycles. The third kappa shape index (κ3) is 6.51. The van der Waals surface area contributed by atoms with Crippen molar-refractivity contribution < 1.29 is 22.9 Å². The minimum absolute atomic E-state index is 0.170. The number of carbonyl (C=O) groups excluding carboxylic acids is 2. The molecule has 1 atom stereocenters. The van der Waals surface area contributed by atoms with Gasteiger partial charge in [0.05, 0.1) is 9.82 Å². The van der Waals surface area contributed by atoms with Gasteiger partial charge in [0.25, 0.3) is 21.6 Å². The molecule has 2 rings (SSSR count). The lowest BCUT2D eigenvalue weighted by molar-refractivity contribution is -0.385. The lowest BCUT2D eigenvalue weighted by Gasteiger charge is -2.23. The van der Waals surface area contributed by atoms with E-state index < -0.39 is 32.4 Å². The van der Waals surface area contributed by atoms with Gasteiger partial charge in [0.15, 0.2) is 0 Å². The zero-order chi connectivity index (χ0) is 24.3. The predicted molar refractivity (Wildman–Crippen MR) is 120 cm³/mol. The Morgan fingerprint density at radius 3 is 2.19 bits per heavy atom. The Labute approximate surface area is 186 Å². The number of nitrogens with one attached hydrogen (secondary N) is 3. The minimum atomic E-state index is -4.07. The first-order valence-electron chi connectivity index (χ1n) is 9.70. The van der Waals surface area contributed by atoms with Crippen LogP contribution in [0.25, 0.3) is 0 Å². The summed E-state index contributed by atoms with van der Waals surface area (Å²) in [5.41, 5.74) is 0.00381. The van der Waals surface area contributed by atoms with E-state index in [4.69, 9.17) is 0 Å². The third-order valence-corrected chi connectivity index (χ3v) is 5.70. The van der Waals surface area contributed by atoms with Crippen LogP contribution in [0.3, 0.4) is 0 Å². The van der Waals surface area contributed by atoms with Crippen LogP contribution in [0.2, 0.25) is 0 Å². The second kappa shape index (κ2) is 9.35. The molecule has 0 saturated carbocycles. The molecule has 172 valence electrons. The van der Waals surface area contributed by atoms with Gasteiger partial charge in [-0.05, 0) is 65.0 Å². The summed E-state index contributed by atoms with van der Waals surface area (Å²) >= 11 is 0. The molecule has 0 spiro atoms. The van der Waals surface area contributed by atoms with E-state index in [1.807, 2.05) is 20.8 Å². The van der Waals surface area contributed by atoms with Gasteiger partial charge in [-0.1, -0.05) is 6.07 Å². The second-order valence-corrected chi connectivity index (χ2v) is 10.0. The van der Waals surface area contributed by atoms with Crippen LogP contribution in [0, 0.1) is 17.0 Å². The van der Waals surface area contributed by atoms with Crippen molar-refractivity contribution in [1.29, 1.82) is 0 Å². The molecule has 0 bridgehead atoms. The van der Waals surface area contributed by atoms with Crippen LogP contribution in [0.1, 0.15) is 43.6 Å². The highest BCUT2D eigenvalue weighted by Crippen LogP contribution is 2.24. The molecule has 0 aromatic heterocycles. The fraction of sp³-hybridized carbons (Fsp3) is 0.333. The topological polar surface area (TPSA) is 148 Å². The summed E-state index contributed by atoms with van der Waals surface area (Å²) < 4.78 is 27.5. The average Bonchev–Trinajstić information content (AvgIpc) is 2.66. The van der Waals surface area contributed by atoms with Crippen molar-refractivity contribution in [2.75, 3.05) is 4.72 Å². The maximum atomic E-state index is 12.6. The van der Waals surface area contributed by atoms with E-state index >= 15 is 0 Å². The van der Waals surface area contributed by atoms with Gasteiger partial charge in [-0.3, -0.25) is 24.4 Å². The Morgan fingerprint density at radius 1 is 1.06 bits per heavy atom. The summed E-state index contributed by atoms with van der Waals surface area (Å²) in [5.74, 6) is -0.826. The zero-order valence-corrected chi connectivity index (χ0v) is 19.2. The van der Waals surface area contributed by atoms with Crippen molar-refractivity contribution in [3.05, 3.63) is 63.7 Å². The van der Waals surface area contributed by atoms with E-state index in [1.165, 1.54) is 43.3 Å². The molecular weight excluding hydrogens is 436 g/mol. The number of amides is 2. The van der Waals surface area contributed by atoms with Gasteiger partial charge < -0.3 is 10.6 Å². The van der Waals surface area contributed by atoms with Gasteiger partial charge in [-0.15, -0.1) is 0 Å². The van der Waals surface area contributed by atoms with Crippen LogP contribution in [0.4, 0.5) is 11.4 Å². The number of nitro benzene ring substituents is 1. The molecule has 11 heteroatoms. The number of aryl methyl sites for hydroxylation is 1. The Hall–Kier alpha value is -3.47. The van der Waals surface area contributed by atoms with Crippen molar-refractivity contribution in [2.24, 2.45) is 0 Å². The van der Waals surface area contributed by atoms with Gasteiger partial charge in [0.2, 0.25) is 5.91 Å². The van der Waals surface area contributed by atoms with E-state index in [1.54, 1.807) is 6.92 Å². The maximum Gasteiger partial charge on any atom is 0.273 e. The van der Waals surface area contributed by atoms with Crippen molar-refractivity contribution in [2.45, 2.75) is 51.1 Å². The van der Waals surface area contributed by atoms with Gasteiger partial charge in [-0.25, -0.2) is 8.42 Å². The van der Waals surface area contributed by atoms with E-state index in [0.29, 0.717) is 5.56 Å². The molecule has 0 fully saturated rings. The average molecular weight is 463 g/mol. The first-order chi connectivity index (χ1) is 14.7. The standard InChI is InChI=1S/C21H26N4O6S/c1-13-6-11-17(12-18(13)25(28)29)32(30,31)24-16-9-7-15(8-10-16)20(27)22-14(2)19(26)23-21(3,4)5/h6-12,14,24H,1-5H3,(H,22,27)(H,23,26). The highest BCUT2D eigenvalue weighted by Gasteiger charge is 2.22. The molecule has 3 N–H and O–H groups in total. The molecular formula is C21H26N4O6S. The lowest BCUT2D eigenvalue weighted by Crippen LogP contribution is -2.50. The van der Waals surface area contributed by atoms with Gasteiger partial charge in [0, 0.05) is 28.4 Å². The van der Waals surface area contributed by atoms with Crippen molar-refractivity contribution in [3.8, 4) is 0 Å². The number of nitrogens with zero attached hydrogens (tertiary/aromatic N) is 1. The SMILES string of the molecule is Cc1ccc(S(=O)(=O)Nc2ccc(C(=O)NC(C)C(=O)NC(C)(C)C)cc2)cc1[N+](=O)[O-]. The van der Waals surface area contributed by atoms with E-state index in [0.717, 1.165) is 6.07 Å². The molecule has 2 amide bonds. The Bertz CT molecular complexity index is 1140. The van der Waals surface area contributed by atoms with Crippen LogP contribution in [-0.2, 0) is 14.8 Å². The normalized spacial score (nSPS) is 12.5. The number of hydrogen-bond donors (Lipinski definition) is 3. The Kier molecular flexibility index (Phi) is 7.24. The van der Waals surface area contributed by atoms with Crippen molar-refractivity contribution in [3.63, 3.8) is 0 Å². The number of sulfonamides is 1. The summed E-state index contributed by atoms with van der Waals surface area (Å²) in [7, 11) is -4.07. The van der Waals surface area contributed by atoms with Crippen LogP contribution in [0.5, 0.6) is 0 Å². The molecule has 1 unspecified atom stereocenters. The van der Waals surface area contributed by atoms with Crippen molar-refractivity contribution in [1.82, 2.24) is 10.6 Å². The van der Waals surface area contributed by atoms with E-state index in [-0.39, 0.29) is 27.7 Å². The molecule has 2 aromatic carbocycles. The van der Waals surface area contributed by atoms with Gasteiger partial charge in [0.1, 0.15) is 6.04 Å². The van der Waals surface area contributed by atoms with Crippen LogP contribution in [0.15, 0.2) is 47.4 Å². The smallest absolute Gasteiger partial charge is 0.273 e. The van der Waals surface area contributed by atoms with E-state index in [2.05, 4.69) is 15.4 Å². The van der Waals surface area contributed by atoms with Crippen LogP contribution in [-0.4, -0.2) is 36.7 Å². The highest BCUT2D eigenvalue weighted by atomic mass is 32.2. The van der Waals surface area contributed by atoms with Gasteiger partial charge in [-0.2, -0.15) is 0 Å². The quantitative estimate of drug-likeness (QED) is 0.426. The zero-order valence-electron chi connectivity index (χ0n) is 18.4. The minimum Gasteiger partial charge on any atom is -0.350 e. The van der Waals surface area contributed by atoms with Crippen molar-refractivity contribution >= 4 is 33.2 Å². The summed E-state index contributed by atoms with van der Waals surface area (Å²) in [6.45, 7) is 8.55. The molecule has 0 saturated heterocycles. The maximum absolute atomic E-state index is 12.6. The highest BCUT2D eigenvalue weighted by molar-refractivity contribution is 7.92. The Balaban J connectivity index is 2.11. The van der Waals surface area contributed by atoms with E-state index in [9.17, 15) is 28.1 Å². The predicted octanol–water partition coefficient (Wildman–Crippen LogP) is 2.74. The molecule has 0 aliphatic carbocycles. The number of anilines is 1. The molecule has 32 heavy (non-hydrogen) atoms. The number of hydrogen-bond acceptors (Lipinski definition) is 6. The number of nitro groups is 1. The molecule has 0 radical (unpaired) electrons. The third-order valence-electron chi connectivity index (χ3n) is 4.33. The van der Waals surface area contributed by atoms with Gasteiger partial charge >= 0.3 is 0 Å². The first kappa shape index (κ1) is 24.8.